The second-order valence-electron chi connectivity index (χ2n) is 8.84. The molecule has 0 spiro atoms. The number of amides is 3. The molecule has 8 nitrogen and oxygen atoms in total. The van der Waals surface area contributed by atoms with E-state index in [1.807, 2.05) is 0 Å². The van der Waals surface area contributed by atoms with Gasteiger partial charge in [0.2, 0.25) is 5.91 Å². The molecule has 1 aliphatic heterocycles. The molecule has 3 aliphatic carbocycles. The molecule has 31 heavy (non-hydrogen) atoms. The normalized spacial score (nSPS) is 28.6. The number of pyridine rings is 1. The monoisotopic (exact) mass is 422 g/mol. The van der Waals surface area contributed by atoms with Crippen LogP contribution in [0.4, 0.5) is 10.6 Å². The maximum Gasteiger partial charge on any atom is 0.315 e. The highest BCUT2D eigenvalue weighted by Crippen LogP contribution is 2.74. The van der Waals surface area contributed by atoms with Crippen LogP contribution in [-0.4, -0.2) is 33.6 Å². The zero-order valence-electron chi connectivity index (χ0n) is 17.4. The standard InChI is InChI=1S/C23H26N4O4/c1-12(31-18-9-10-24-21-15(18)6-8-19(29)26-21)3-7-17(28)13(2)20-16-11-23(16,20)27-22(30)25-14-4-5-14/h3,7,9-10,14,16,20,28H,2,4-6,8,11H2,1H3,(H,24,26,29)(H2,25,27,30)/b12-3+,17-7+/t16-,20+,23-/m0/s1. The number of aliphatic hydroxyl groups is 1. The fourth-order valence-electron chi connectivity index (χ4n) is 4.37. The molecule has 3 fully saturated rings. The first-order chi connectivity index (χ1) is 14.9. The minimum absolute atomic E-state index is 0.0498. The molecule has 0 unspecified atom stereocenters. The predicted molar refractivity (Wildman–Crippen MR) is 114 cm³/mol. The Morgan fingerprint density at radius 1 is 1.39 bits per heavy atom. The topological polar surface area (TPSA) is 113 Å². The molecule has 8 heteroatoms. The molecule has 162 valence electrons. The van der Waals surface area contributed by atoms with Gasteiger partial charge in [-0.15, -0.1) is 0 Å². The quantitative estimate of drug-likeness (QED) is 0.398. The van der Waals surface area contributed by atoms with E-state index >= 15 is 0 Å². The first kappa shape index (κ1) is 19.7. The molecule has 3 atom stereocenters. The number of hydrogen-bond donors (Lipinski definition) is 4. The van der Waals surface area contributed by atoms with Crippen LogP contribution in [0.3, 0.4) is 0 Å². The van der Waals surface area contributed by atoms with E-state index in [1.165, 1.54) is 0 Å². The number of ether oxygens (including phenoxy) is 1. The summed E-state index contributed by atoms with van der Waals surface area (Å²) in [4.78, 5) is 27.8. The van der Waals surface area contributed by atoms with Crippen LogP contribution in [0.1, 0.15) is 38.2 Å². The minimum Gasteiger partial charge on any atom is -0.508 e. The number of rotatable bonds is 7. The number of nitrogens with one attached hydrogen (secondary N) is 3. The van der Waals surface area contributed by atoms with Crippen molar-refractivity contribution in [2.24, 2.45) is 11.8 Å². The number of aliphatic hydroxyl groups excluding tert-OH is 1. The third-order valence-corrected chi connectivity index (χ3v) is 6.49. The highest BCUT2D eigenvalue weighted by atomic mass is 16.5. The van der Waals surface area contributed by atoms with Crippen LogP contribution in [0.2, 0.25) is 0 Å². The summed E-state index contributed by atoms with van der Waals surface area (Å²) in [5.74, 6) is 2.24. The molecular weight excluding hydrogens is 396 g/mol. The van der Waals surface area contributed by atoms with Crippen LogP contribution in [0, 0.1) is 11.8 Å². The Bertz CT molecular complexity index is 1040. The van der Waals surface area contributed by atoms with Gasteiger partial charge in [0.05, 0.1) is 5.54 Å². The largest absolute Gasteiger partial charge is 0.508 e. The molecule has 5 rings (SSSR count). The number of allylic oxidation sites excluding steroid dienone is 4. The van der Waals surface area contributed by atoms with Gasteiger partial charge in [0.15, 0.2) is 0 Å². The van der Waals surface area contributed by atoms with Gasteiger partial charge in [-0.1, -0.05) is 6.58 Å². The van der Waals surface area contributed by atoms with Crippen LogP contribution in [0.5, 0.6) is 5.75 Å². The molecule has 1 aromatic rings. The van der Waals surface area contributed by atoms with Crippen molar-refractivity contribution < 1.29 is 19.4 Å². The van der Waals surface area contributed by atoms with Crippen LogP contribution in [0.25, 0.3) is 0 Å². The molecule has 0 aromatic carbocycles. The van der Waals surface area contributed by atoms with Crippen molar-refractivity contribution in [2.75, 3.05) is 5.32 Å². The fraction of sp³-hybridized carbons (Fsp3) is 0.435. The number of hydrogen-bond acceptors (Lipinski definition) is 5. The summed E-state index contributed by atoms with van der Waals surface area (Å²) in [5, 5.41) is 19.2. The maximum atomic E-state index is 12.0. The number of anilines is 1. The fourth-order valence-corrected chi connectivity index (χ4v) is 4.37. The van der Waals surface area contributed by atoms with E-state index in [0.29, 0.717) is 47.7 Å². The van der Waals surface area contributed by atoms with Crippen LogP contribution in [0.15, 0.2) is 48.1 Å². The van der Waals surface area contributed by atoms with Gasteiger partial charge in [0, 0.05) is 30.1 Å². The molecule has 0 bridgehead atoms. The van der Waals surface area contributed by atoms with Gasteiger partial charge in [0.1, 0.15) is 23.1 Å². The van der Waals surface area contributed by atoms with E-state index in [2.05, 4.69) is 27.5 Å². The lowest BCUT2D eigenvalue weighted by atomic mass is 10.0. The summed E-state index contributed by atoms with van der Waals surface area (Å²) in [6, 6.07) is 1.96. The molecule has 4 N–H and O–H groups in total. The average Bonchev–Trinajstić information content (AvgIpc) is 3.64. The number of urea groups is 1. The lowest BCUT2D eigenvalue weighted by Gasteiger charge is -2.18. The average molecular weight is 422 g/mol. The zero-order chi connectivity index (χ0) is 21.8. The van der Waals surface area contributed by atoms with Gasteiger partial charge in [-0.05, 0) is 62.3 Å². The summed E-state index contributed by atoms with van der Waals surface area (Å²) in [6.45, 7) is 5.83. The Kier molecular flexibility index (Phi) is 4.53. The van der Waals surface area contributed by atoms with Crippen molar-refractivity contribution >= 4 is 17.8 Å². The van der Waals surface area contributed by atoms with Crippen molar-refractivity contribution in [1.29, 1.82) is 0 Å². The minimum atomic E-state index is -0.229. The Morgan fingerprint density at radius 2 is 2.19 bits per heavy atom. The zero-order valence-corrected chi connectivity index (χ0v) is 17.4. The summed E-state index contributed by atoms with van der Waals surface area (Å²) < 4.78 is 5.92. The first-order valence-corrected chi connectivity index (χ1v) is 10.7. The number of nitrogens with zero attached hydrogens (tertiary/aromatic N) is 1. The summed E-state index contributed by atoms with van der Waals surface area (Å²) in [6.07, 6.45) is 8.85. The number of fused-ring (bicyclic) bond motifs is 2. The maximum absolute atomic E-state index is 12.0. The predicted octanol–water partition coefficient (Wildman–Crippen LogP) is 3.10. The summed E-state index contributed by atoms with van der Waals surface area (Å²) >= 11 is 0. The third kappa shape index (κ3) is 3.78. The lowest BCUT2D eigenvalue weighted by molar-refractivity contribution is -0.116. The van der Waals surface area contributed by atoms with E-state index in [4.69, 9.17) is 4.74 Å². The van der Waals surface area contributed by atoms with Crippen molar-refractivity contribution in [1.82, 2.24) is 15.6 Å². The smallest absolute Gasteiger partial charge is 0.315 e. The van der Waals surface area contributed by atoms with E-state index in [-0.39, 0.29) is 29.2 Å². The Morgan fingerprint density at radius 3 is 2.94 bits per heavy atom. The van der Waals surface area contributed by atoms with Gasteiger partial charge in [-0.2, -0.15) is 0 Å². The third-order valence-electron chi connectivity index (χ3n) is 6.49. The second-order valence-corrected chi connectivity index (χ2v) is 8.84. The number of carbonyl (C=O) groups excluding carboxylic acids is 2. The SMILES string of the molecule is C=C(/C(O)=C\C=C(/C)Oc1ccnc2c1CCC(=O)N2)[C@@H]1[C@@H]2C[C@@]12NC(=O)NC1CC1. The summed E-state index contributed by atoms with van der Waals surface area (Å²) in [5.41, 5.74) is 1.27. The van der Waals surface area contributed by atoms with Crippen molar-refractivity contribution in [2.45, 2.75) is 50.6 Å². The van der Waals surface area contributed by atoms with Gasteiger partial charge < -0.3 is 25.8 Å². The van der Waals surface area contributed by atoms with Gasteiger partial charge >= 0.3 is 6.03 Å². The second kappa shape index (κ2) is 7.14. The lowest BCUT2D eigenvalue weighted by Crippen LogP contribution is -2.42. The molecule has 2 heterocycles. The van der Waals surface area contributed by atoms with Crippen molar-refractivity contribution in [3.63, 3.8) is 0 Å². The number of carbonyl (C=O) groups is 2. The highest BCUT2D eigenvalue weighted by Gasteiger charge is 2.80. The van der Waals surface area contributed by atoms with E-state index in [0.717, 1.165) is 24.8 Å². The Labute approximate surface area is 180 Å². The van der Waals surface area contributed by atoms with Crippen molar-refractivity contribution in [3.05, 3.63) is 53.6 Å². The van der Waals surface area contributed by atoms with Gasteiger partial charge in [0.25, 0.3) is 0 Å². The Hall–Kier alpha value is -3.29. The molecule has 3 saturated carbocycles. The molecule has 3 amide bonds. The van der Waals surface area contributed by atoms with E-state index in [9.17, 15) is 14.7 Å². The van der Waals surface area contributed by atoms with Crippen LogP contribution >= 0.6 is 0 Å². The highest BCUT2D eigenvalue weighted by molar-refractivity contribution is 5.93. The molecule has 0 radical (unpaired) electrons. The summed E-state index contributed by atoms with van der Waals surface area (Å²) in [7, 11) is 0. The van der Waals surface area contributed by atoms with Crippen molar-refractivity contribution in [3.8, 4) is 5.75 Å². The van der Waals surface area contributed by atoms with E-state index in [1.54, 1.807) is 31.3 Å². The molecule has 0 saturated heterocycles. The molecule has 1 aromatic heterocycles. The molecular formula is C23H26N4O4. The van der Waals surface area contributed by atoms with Gasteiger partial charge in [-0.25, -0.2) is 9.78 Å². The van der Waals surface area contributed by atoms with Crippen LogP contribution in [-0.2, 0) is 11.2 Å². The first-order valence-electron chi connectivity index (χ1n) is 10.7. The molecule has 4 aliphatic rings. The van der Waals surface area contributed by atoms with Crippen LogP contribution < -0.4 is 20.7 Å². The van der Waals surface area contributed by atoms with E-state index < -0.39 is 0 Å². The Balaban J connectivity index is 1.19. The number of aromatic nitrogens is 1. The van der Waals surface area contributed by atoms with Gasteiger partial charge in [-0.3, -0.25) is 4.79 Å².